The van der Waals surface area contributed by atoms with Crippen LogP contribution < -0.4 is 20.1 Å². The minimum absolute atomic E-state index is 0.0943. The Morgan fingerprint density at radius 3 is 1.63 bits per heavy atom. The van der Waals surface area contributed by atoms with Crippen LogP contribution in [-0.4, -0.2) is 22.0 Å². The second-order valence-electron chi connectivity index (χ2n) is 7.47. The number of nitrogens with one attached hydrogen (secondary N) is 2. The number of hydrogen-bond acceptors (Lipinski definition) is 8. The van der Waals surface area contributed by atoms with E-state index in [9.17, 15) is 29.8 Å². The first-order valence-electron chi connectivity index (χ1n) is 10.1. The molecule has 0 aromatic heterocycles. The minimum Gasteiger partial charge on any atom is -0.410 e. The molecule has 0 heterocycles. The number of ether oxygens (including phenoxy) is 2. The van der Waals surface area contributed by atoms with E-state index in [-0.39, 0.29) is 22.9 Å². The third-order valence-electron chi connectivity index (χ3n) is 4.87. The van der Waals surface area contributed by atoms with E-state index in [1.807, 2.05) is 0 Å². The highest BCUT2D eigenvalue weighted by atomic mass is 16.6. The van der Waals surface area contributed by atoms with E-state index in [2.05, 4.69) is 10.6 Å². The lowest BCUT2D eigenvalue weighted by Gasteiger charge is -2.12. The van der Waals surface area contributed by atoms with E-state index in [1.165, 1.54) is 56.3 Å². The number of carbonyl (C=O) groups is 2. The Morgan fingerprint density at radius 2 is 1.17 bits per heavy atom. The Balaban J connectivity index is 1.65. The van der Waals surface area contributed by atoms with Crippen LogP contribution in [0.25, 0.3) is 0 Å². The van der Waals surface area contributed by atoms with Gasteiger partial charge in [0.05, 0.1) is 9.85 Å². The zero-order valence-corrected chi connectivity index (χ0v) is 18.9. The molecular weight excluding hydrogens is 460 g/mol. The monoisotopic (exact) mass is 480 g/mol. The van der Waals surface area contributed by atoms with Gasteiger partial charge in [-0.05, 0) is 62.7 Å². The summed E-state index contributed by atoms with van der Waals surface area (Å²) in [5, 5.41) is 26.9. The van der Waals surface area contributed by atoms with Crippen LogP contribution in [0.1, 0.15) is 16.7 Å². The molecule has 2 amide bonds. The maximum absolute atomic E-state index is 12.3. The van der Waals surface area contributed by atoms with E-state index >= 15 is 0 Å². The molecule has 0 saturated carbocycles. The second kappa shape index (κ2) is 10.3. The molecule has 0 unspecified atom stereocenters. The smallest absolute Gasteiger partial charge is 0.410 e. The van der Waals surface area contributed by atoms with E-state index in [4.69, 9.17) is 9.47 Å². The van der Waals surface area contributed by atoms with Crippen LogP contribution in [0.5, 0.6) is 11.5 Å². The summed E-state index contributed by atoms with van der Waals surface area (Å²) < 4.78 is 10.4. The zero-order valence-electron chi connectivity index (χ0n) is 18.9. The summed E-state index contributed by atoms with van der Waals surface area (Å²) in [4.78, 5) is 45.3. The van der Waals surface area contributed by atoms with E-state index < -0.39 is 22.0 Å². The number of aryl methyl sites for hydroxylation is 3. The normalized spacial score (nSPS) is 10.3. The van der Waals surface area contributed by atoms with E-state index in [0.29, 0.717) is 28.1 Å². The predicted molar refractivity (Wildman–Crippen MR) is 126 cm³/mol. The van der Waals surface area contributed by atoms with Crippen molar-refractivity contribution in [1.29, 1.82) is 0 Å². The van der Waals surface area contributed by atoms with Crippen molar-refractivity contribution < 1.29 is 28.9 Å². The molecule has 35 heavy (non-hydrogen) atoms. The predicted octanol–water partition coefficient (Wildman–Crippen LogP) is 5.65. The Hall–Kier alpha value is -5.00. The fraction of sp³-hybridized carbons (Fsp3) is 0.130. The van der Waals surface area contributed by atoms with Crippen molar-refractivity contribution in [2.45, 2.75) is 20.8 Å². The Labute approximate surface area is 198 Å². The average molecular weight is 480 g/mol. The van der Waals surface area contributed by atoms with Crippen LogP contribution in [0.3, 0.4) is 0 Å². The molecule has 12 heteroatoms. The molecule has 12 nitrogen and oxygen atoms in total. The lowest BCUT2D eigenvalue weighted by molar-refractivity contribution is -0.385. The van der Waals surface area contributed by atoms with Gasteiger partial charge in [-0.3, -0.25) is 30.9 Å². The molecule has 0 radical (unpaired) electrons. The molecule has 0 aliphatic heterocycles. The maximum Gasteiger partial charge on any atom is 0.417 e. The molecular formula is C23H20N4O8. The summed E-state index contributed by atoms with van der Waals surface area (Å²) in [6, 6.07) is 12.6. The SMILES string of the molecule is Cc1ccc(NC(=O)Oc2ccc([N+](=O)[O-])c(C)c2)cc1NC(=O)Oc1ccc([N+](=O)[O-])c(C)c1. The van der Waals surface area contributed by atoms with Crippen LogP contribution in [0, 0.1) is 41.0 Å². The number of nitro groups is 2. The molecule has 0 spiro atoms. The van der Waals surface area contributed by atoms with Crippen molar-refractivity contribution in [2.75, 3.05) is 10.6 Å². The Morgan fingerprint density at radius 1 is 0.686 bits per heavy atom. The highest BCUT2D eigenvalue weighted by molar-refractivity contribution is 5.91. The molecule has 0 bridgehead atoms. The summed E-state index contributed by atoms with van der Waals surface area (Å²) in [7, 11) is 0. The lowest BCUT2D eigenvalue weighted by Crippen LogP contribution is -2.19. The largest absolute Gasteiger partial charge is 0.417 e. The van der Waals surface area contributed by atoms with Crippen LogP contribution in [0.2, 0.25) is 0 Å². The number of nitro benzene ring substituents is 2. The summed E-state index contributed by atoms with van der Waals surface area (Å²) >= 11 is 0. The second-order valence-corrected chi connectivity index (χ2v) is 7.47. The van der Waals surface area contributed by atoms with Crippen molar-refractivity contribution in [2.24, 2.45) is 0 Å². The van der Waals surface area contributed by atoms with Crippen LogP contribution in [-0.2, 0) is 0 Å². The molecule has 0 atom stereocenters. The molecule has 3 aromatic carbocycles. The van der Waals surface area contributed by atoms with Gasteiger partial charge in [0.15, 0.2) is 0 Å². The Bertz CT molecular complexity index is 1340. The third kappa shape index (κ3) is 6.28. The van der Waals surface area contributed by atoms with Gasteiger partial charge in [0, 0.05) is 34.6 Å². The van der Waals surface area contributed by atoms with Crippen molar-refractivity contribution in [3.8, 4) is 11.5 Å². The standard InChI is InChI=1S/C23H20N4O8/c1-13-4-5-16(24-22(28)34-17-6-8-20(26(30)31)14(2)10-17)12-19(13)25-23(29)35-18-7-9-21(27(32)33)15(3)11-18/h4-12H,1-3H3,(H,24,28)(H,25,29). The lowest BCUT2D eigenvalue weighted by atomic mass is 10.2. The van der Waals surface area contributed by atoms with Gasteiger partial charge in [-0.2, -0.15) is 0 Å². The highest BCUT2D eigenvalue weighted by Crippen LogP contribution is 2.26. The molecule has 3 rings (SSSR count). The fourth-order valence-electron chi connectivity index (χ4n) is 3.12. The third-order valence-corrected chi connectivity index (χ3v) is 4.87. The first-order chi connectivity index (χ1) is 16.5. The Kier molecular flexibility index (Phi) is 7.25. The zero-order chi connectivity index (χ0) is 25.7. The quantitative estimate of drug-likeness (QED) is 0.337. The van der Waals surface area contributed by atoms with Crippen LogP contribution in [0.15, 0.2) is 54.6 Å². The first-order valence-corrected chi connectivity index (χ1v) is 10.1. The topological polar surface area (TPSA) is 163 Å². The van der Waals surface area contributed by atoms with Crippen molar-refractivity contribution in [1.82, 2.24) is 0 Å². The van der Waals surface area contributed by atoms with E-state index in [1.54, 1.807) is 19.1 Å². The van der Waals surface area contributed by atoms with Crippen molar-refractivity contribution in [3.05, 3.63) is 91.5 Å². The maximum atomic E-state index is 12.3. The molecule has 2 N–H and O–H groups in total. The fourth-order valence-corrected chi connectivity index (χ4v) is 3.12. The van der Waals surface area contributed by atoms with Gasteiger partial charge in [0.1, 0.15) is 11.5 Å². The molecule has 0 aliphatic rings. The number of carbonyl (C=O) groups excluding carboxylic acids is 2. The molecule has 3 aromatic rings. The number of nitrogens with zero attached hydrogens (tertiary/aromatic N) is 2. The minimum atomic E-state index is -0.836. The molecule has 0 aliphatic carbocycles. The van der Waals surface area contributed by atoms with Crippen molar-refractivity contribution >= 4 is 34.9 Å². The van der Waals surface area contributed by atoms with Gasteiger partial charge in [-0.15, -0.1) is 0 Å². The number of benzene rings is 3. The number of hydrogen-bond donors (Lipinski definition) is 2. The molecule has 180 valence electrons. The van der Waals surface area contributed by atoms with Crippen LogP contribution in [0.4, 0.5) is 32.3 Å². The van der Waals surface area contributed by atoms with Crippen molar-refractivity contribution in [3.63, 3.8) is 0 Å². The van der Waals surface area contributed by atoms with E-state index in [0.717, 1.165) is 0 Å². The van der Waals surface area contributed by atoms with Gasteiger partial charge >= 0.3 is 12.2 Å². The van der Waals surface area contributed by atoms with Gasteiger partial charge < -0.3 is 9.47 Å². The van der Waals surface area contributed by atoms with Gasteiger partial charge in [-0.1, -0.05) is 6.07 Å². The number of rotatable bonds is 6. The molecule has 0 saturated heterocycles. The highest BCUT2D eigenvalue weighted by Gasteiger charge is 2.15. The summed E-state index contributed by atoms with van der Waals surface area (Å²) in [6.45, 7) is 4.78. The van der Waals surface area contributed by atoms with Gasteiger partial charge in [0.25, 0.3) is 11.4 Å². The average Bonchev–Trinajstić information content (AvgIpc) is 2.75. The summed E-state index contributed by atoms with van der Waals surface area (Å²) in [6.07, 6.45) is -1.67. The number of anilines is 2. The first kappa shape index (κ1) is 24.6. The van der Waals surface area contributed by atoms with Gasteiger partial charge in [0.2, 0.25) is 0 Å². The number of amides is 2. The summed E-state index contributed by atoms with van der Waals surface area (Å²) in [5.41, 5.74) is 1.81. The summed E-state index contributed by atoms with van der Waals surface area (Å²) in [5.74, 6) is 0.248. The van der Waals surface area contributed by atoms with Crippen LogP contribution >= 0.6 is 0 Å². The van der Waals surface area contributed by atoms with Gasteiger partial charge in [-0.25, -0.2) is 9.59 Å². The molecule has 0 fully saturated rings.